The van der Waals surface area contributed by atoms with Crippen molar-refractivity contribution in [2.75, 3.05) is 0 Å². The average molecular weight is 870 g/mol. The van der Waals surface area contributed by atoms with Crippen molar-refractivity contribution in [3.05, 3.63) is 192 Å². The van der Waals surface area contributed by atoms with Gasteiger partial charge in [-0.25, -0.2) is 11.1 Å². The number of hydrogen-bond acceptors (Lipinski definition) is 0. The third-order valence-corrected chi connectivity index (χ3v) is 16.8. The van der Waals surface area contributed by atoms with Crippen LogP contribution in [-0.2, 0) is 23.0 Å². The van der Waals surface area contributed by atoms with Gasteiger partial charge in [0.15, 0.2) is 0 Å². The van der Waals surface area contributed by atoms with Crippen LogP contribution < -0.4 is 35.2 Å². The van der Waals surface area contributed by atoms with Gasteiger partial charge in [-0.2, -0.15) is 23.3 Å². The quantitative estimate of drug-likeness (QED) is 0.180. The van der Waals surface area contributed by atoms with Gasteiger partial charge < -0.3 is 24.8 Å². The summed E-state index contributed by atoms with van der Waals surface area (Å²) < 4.78 is 0. The molecule has 0 N–H and O–H groups in total. The summed E-state index contributed by atoms with van der Waals surface area (Å²) in [5, 5.41) is 8.28. The van der Waals surface area contributed by atoms with Crippen molar-refractivity contribution in [2.45, 2.75) is 27.7 Å². The molecule has 6 aromatic rings. The Morgan fingerprint density at radius 2 is 0.800 bits per heavy atom. The second-order valence-electron chi connectivity index (χ2n) is 12.5. The molecule has 248 valence electrons. The Hall–Kier alpha value is -3.53. The third-order valence-electron chi connectivity index (χ3n) is 8.78. The molecular formula is C46H40Cl2HfSi-2. The molecule has 2 atom stereocenters. The Morgan fingerprint density at radius 3 is 1.14 bits per heavy atom. The van der Waals surface area contributed by atoms with Crippen molar-refractivity contribution in [1.29, 1.82) is 0 Å². The molecule has 6 aromatic carbocycles. The summed E-state index contributed by atoms with van der Waals surface area (Å²) >= 11 is 1.27. The molecule has 8 rings (SSSR count). The molecule has 0 radical (unpaired) electrons. The van der Waals surface area contributed by atoms with Crippen LogP contribution >= 0.6 is 0 Å². The first kappa shape index (κ1) is 39.3. The van der Waals surface area contributed by atoms with E-state index in [1.54, 1.807) is 0 Å². The van der Waals surface area contributed by atoms with Crippen LogP contribution in [0.25, 0.3) is 32.7 Å². The summed E-state index contributed by atoms with van der Waals surface area (Å²) in [6.45, 7) is 8.64. The van der Waals surface area contributed by atoms with Crippen molar-refractivity contribution in [3.63, 3.8) is 0 Å². The summed E-state index contributed by atoms with van der Waals surface area (Å²) in [5.74, 6) is 0.882. The van der Waals surface area contributed by atoms with Crippen LogP contribution in [0, 0.1) is 24.0 Å². The maximum atomic E-state index is 3.44. The van der Waals surface area contributed by atoms with Crippen molar-refractivity contribution in [1.82, 2.24) is 0 Å². The van der Waals surface area contributed by atoms with E-state index in [-0.39, 0.29) is 24.8 Å². The molecule has 50 heavy (non-hydrogen) atoms. The van der Waals surface area contributed by atoms with Crippen LogP contribution in [0.1, 0.15) is 38.8 Å². The van der Waals surface area contributed by atoms with Gasteiger partial charge in [-0.05, 0) is 21.5 Å². The Balaban J connectivity index is 0.000000166. The number of hydrogen-bond donors (Lipinski definition) is 0. The van der Waals surface area contributed by atoms with E-state index in [0.29, 0.717) is 11.8 Å². The molecule has 0 saturated heterocycles. The van der Waals surface area contributed by atoms with Crippen LogP contribution in [0.4, 0.5) is 0 Å². The number of benzene rings is 6. The van der Waals surface area contributed by atoms with E-state index in [0.717, 1.165) is 0 Å². The molecule has 0 nitrogen and oxygen atoms in total. The van der Waals surface area contributed by atoms with E-state index < -0.39 is 5.49 Å². The molecule has 4 heteroatoms. The minimum atomic E-state index is -0.406. The van der Waals surface area contributed by atoms with E-state index in [1.165, 1.54) is 88.3 Å². The fourth-order valence-corrected chi connectivity index (χ4v) is 11.4. The number of rotatable bonds is 4. The van der Waals surface area contributed by atoms with Crippen molar-refractivity contribution < 1.29 is 47.8 Å². The first-order valence-electron chi connectivity index (χ1n) is 16.7. The fraction of sp³-hybridized carbons (Fsp3) is 0.130. The average Bonchev–Trinajstić information content (AvgIpc) is 3.66. The molecule has 0 spiro atoms. The van der Waals surface area contributed by atoms with E-state index in [1.807, 2.05) is 0 Å². The maximum absolute atomic E-state index is 3.44. The topological polar surface area (TPSA) is 0 Å². The first-order valence-corrected chi connectivity index (χ1v) is 23.6. The number of fused-ring (bicyclic) bond motifs is 2. The van der Waals surface area contributed by atoms with Crippen molar-refractivity contribution in [3.8, 4) is 0 Å². The summed E-state index contributed by atoms with van der Waals surface area (Å²) in [6.07, 6.45) is 11.5. The van der Waals surface area contributed by atoms with Crippen LogP contribution in [0.5, 0.6) is 0 Å². The van der Waals surface area contributed by atoms with Gasteiger partial charge in [-0.3, -0.25) is 12.2 Å². The summed E-state index contributed by atoms with van der Waals surface area (Å²) in [7, 11) is 0. The minimum absolute atomic E-state index is 0. The molecule has 0 heterocycles. The SMILES string of the molecule is CC1=[C-]C(C)C=C1c1ccc2ccccc2c1.CC1=[C-]C(C)C=C1c1ccc2ccccc2c1.[Cl-].[Cl-].[Hf+2]=[Si](c1ccccc1)c1ccccc1. The van der Waals surface area contributed by atoms with E-state index in [9.17, 15) is 0 Å². The molecule has 0 amide bonds. The van der Waals surface area contributed by atoms with Gasteiger partial charge in [0.2, 0.25) is 0 Å². The van der Waals surface area contributed by atoms with E-state index >= 15 is 0 Å². The molecule has 0 bridgehead atoms. The van der Waals surface area contributed by atoms with Gasteiger partial charge in [0.1, 0.15) is 0 Å². The van der Waals surface area contributed by atoms with Crippen LogP contribution in [0.3, 0.4) is 0 Å². The molecule has 0 aliphatic heterocycles. The van der Waals surface area contributed by atoms with Crippen LogP contribution in [0.15, 0.2) is 169 Å². The standard InChI is InChI=1S/2C17H15.C12H10Si.2ClH.Hf/c2*1-12-9-13(2)17(10-12)16-8-7-14-5-3-4-6-15(14)11-16;1-3-7-11(8-4-1)13-12-9-5-2-6-10-12;;;/h2*3-8,10-12H,1-2H3;1-10H;2*1H;/q2*-1;;;;+2/p-2. The molecule has 0 fully saturated rings. The third kappa shape index (κ3) is 9.83. The molecule has 2 aliphatic rings. The van der Waals surface area contributed by atoms with Crippen LogP contribution in [-0.4, -0.2) is 5.49 Å². The van der Waals surface area contributed by atoms with Gasteiger partial charge >= 0.3 is 99.5 Å². The molecule has 0 aromatic heterocycles. The zero-order valence-corrected chi connectivity index (χ0v) is 35.0. The zero-order chi connectivity index (χ0) is 33.5. The zero-order valence-electron chi connectivity index (χ0n) is 28.9. The normalized spacial score (nSPS) is 15.9. The molecular weight excluding hydrogens is 830 g/mol. The van der Waals surface area contributed by atoms with Gasteiger partial charge in [0.05, 0.1) is 0 Å². The van der Waals surface area contributed by atoms with Crippen molar-refractivity contribution in [2.24, 2.45) is 11.8 Å². The van der Waals surface area contributed by atoms with Gasteiger partial charge in [-0.1, -0.05) is 136 Å². The fourth-order valence-electron chi connectivity index (χ4n) is 6.39. The summed E-state index contributed by atoms with van der Waals surface area (Å²) in [6, 6.07) is 52.1. The molecule has 2 aliphatic carbocycles. The van der Waals surface area contributed by atoms with Crippen LogP contribution in [0.2, 0.25) is 0 Å². The summed E-state index contributed by atoms with van der Waals surface area (Å²) in [5.41, 5.74) is 7.42. The Labute approximate surface area is 325 Å². The first-order chi connectivity index (χ1) is 23.4. The van der Waals surface area contributed by atoms with Gasteiger partial charge in [-0.15, -0.1) is 0 Å². The van der Waals surface area contributed by atoms with Crippen molar-refractivity contribution >= 4 is 48.6 Å². The second-order valence-corrected chi connectivity index (χ2v) is 19.8. The monoisotopic (exact) mass is 870 g/mol. The molecule has 0 saturated carbocycles. The van der Waals surface area contributed by atoms with E-state index in [2.05, 4.69) is 198 Å². The van der Waals surface area contributed by atoms with Gasteiger partial charge in [0, 0.05) is 0 Å². The van der Waals surface area contributed by atoms with Gasteiger partial charge in [0.25, 0.3) is 0 Å². The Kier molecular flexibility index (Phi) is 14.6. The predicted octanol–water partition coefficient (Wildman–Crippen LogP) is 4.59. The molecule has 2 unspecified atom stereocenters. The number of halogens is 2. The van der Waals surface area contributed by atoms with E-state index in [4.69, 9.17) is 0 Å². The number of allylic oxidation sites excluding steroid dienone is 8. The second kappa shape index (κ2) is 18.6. The predicted molar refractivity (Wildman–Crippen MR) is 205 cm³/mol. The Morgan fingerprint density at radius 1 is 0.460 bits per heavy atom. The Bertz CT molecular complexity index is 2040. The summed E-state index contributed by atoms with van der Waals surface area (Å²) in [4.78, 5) is 0.